The Balaban J connectivity index is 1.48. The fourth-order valence-electron chi connectivity index (χ4n) is 4.10. The van der Waals surface area contributed by atoms with Crippen molar-refractivity contribution >= 4 is 52.9 Å². The monoisotopic (exact) mass is 625 g/mol. The third kappa shape index (κ3) is 8.97. The number of thioether (sulfide) groups is 1. The number of carboxylic acids is 1. The maximum atomic E-state index is 13.5. The van der Waals surface area contributed by atoms with Gasteiger partial charge in [0.2, 0.25) is 5.91 Å². The van der Waals surface area contributed by atoms with Crippen LogP contribution in [0.25, 0.3) is 6.08 Å². The second-order valence-electron chi connectivity index (χ2n) is 9.60. The number of carboxylic acid groups (broad SMARTS) is 1. The normalized spacial score (nSPS) is 11.6. The highest BCUT2D eigenvalue weighted by Crippen LogP contribution is 2.28. The minimum Gasteiger partial charge on any atom is -0.497 e. The fourth-order valence-corrected chi connectivity index (χ4v) is 4.96. The van der Waals surface area contributed by atoms with Crippen molar-refractivity contribution in [1.29, 1.82) is 0 Å². The van der Waals surface area contributed by atoms with E-state index in [-0.39, 0.29) is 17.2 Å². The van der Waals surface area contributed by atoms with Crippen molar-refractivity contribution in [2.75, 3.05) is 24.9 Å². The van der Waals surface area contributed by atoms with Gasteiger partial charge < -0.3 is 30.5 Å². The first-order chi connectivity index (χ1) is 21.7. The van der Waals surface area contributed by atoms with Gasteiger partial charge in [-0.2, -0.15) is 0 Å². The quantitative estimate of drug-likeness (QED) is 0.112. The highest BCUT2D eigenvalue weighted by molar-refractivity contribution is 8.00. The van der Waals surface area contributed by atoms with Crippen molar-refractivity contribution in [3.8, 4) is 11.5 Å². The maximum Gasteiger partial charge on any atom is 0.335 e. The Bertz CT molecular complexity index is 1720. The van der Waals surface area contributed by atoms with Crippen LogP contribution >= 0.6 is 11.8 Å². The van der Waals surface area contributed by atoms with Crippen molar-refractivity contribution in [2.45, 2.75) is 17.1 Å². The van der Waals surface area contributed by atoms with E-state index in [0.29, 0.717) is 34.0 Å². The number of aromatic carboxylic acids is 1. The molecule has 1 atom stereocenters. The van der Waals surface area contributed by atoms with Crippen molar-refractivity contribution < 1.29 is 33.8 Å². The summed E-state index contributed by atoms with van der Waals surface area (Å²) in [6, 6.07) is 26.5. The Morgan fingerprint density at radius 3 is 2.16 bits per heavy atom. The summed E-state index contributed by atoms with van der Waals surface area (Å²) < 4.78 is 10.8. The molecule has 0 heterocycles. The van der Waals surface area contributed by atoms with Gasteiger partial charge in [-0.1, -0.05) is 24.3 Å². The zero-order valence-corrected chi connectivity index (χ0v) is 25.5. The first kappa shape index (κ1) is 32.4. The minimum atomic E-state index is -1.08. The molecular weight excluding hydrogens is 594 g/mol. The summed E-state index contributed by atoms with van der Waals surface area (Å²) in [5.74, 6) is -1.39. The third-order valence-electron chi connectivity index (χ3n) is 6.44. The van der Waals surface area contributed by atoms with Gasteiger partial charge in [0.05, 0.1) is 25.0 Å². The first-order valence-corrected chi connectivity index (χ1v) is 14.6. The van der Waals surface area contributed by atoms with E-state index in [9.17, 15) is 24.3 Å². The average molecular weight is 626 g/mol. The molecule has 0 aliphatic rings. The summed E-state index contributed by atoms with van der Waals surface area (Å²) in [7, 11) is 3.03. The lowest BCUT2D eigenvalue weighted by Crippen LogP contribution is -2.30. The number of benzene rings is 4. The van der Waals surface area contributed by atoms with Gasteiger partial charge in [0.25, 0.3) is 11.8 Å². The molecule has 0 radical (unpaired) electrons. The maximum absolute atomic E-state index is 13.5. The standard InChI is InChI=1S/C34H31N3O7S/c1-21(31(38)36-26-11-7-10-23(18-26)34(41)42)45-28-15-12-25(13-16-28)35-33(40)29(37-32(39)22-8-5-4-6-9-22)20-24-19-27(43-2)14-17-30(24)44-3/h4-21H,1-3H3,(H,35,40)(H,36,38)(H,37,39)(H,41,42)/b29-20-. The Labute approximate surface area is 264 Å². The molecule has 3 amide bonds. The Hall–Kier alpha value is -5.55. The van der Waals surface area contributed by atoms with Gasteiger partial charge in [-0.25, -0.2) is 4.79 Å². The van der Waals surface area contributed by atoms with E-state index in [1.807, 2.05) is 0 Å². The number of hydrogen-bond acceptors (Lipinski definition) is 7. The predicted molar refractivity (Wildman–Crippen MR) is 174 cm³/mol. The smallest absolute Gasteiger partial charge is 0.335 e. The lowest BCUT2D eigenvalue weighted by molar-refractivity contribution is -0.115. The van der Waals surface area contributed by atoms with Gasteiger partial charge in [0, 0.05) is 27.4 Å². The molecule has 0 aliphatic heterocycles. The van der Waals surface area contributed by atoms with E-state index in [0.717, 1.165) is 4.90 Å². The van der Waals surface area contributed by atoms with Crippen LogP contribution in [0.4, 0.5) is 11.4 Å². The van der Waals surface area contributed by atoms with Crippen LogP contribution in [0.15, 0.2) is 108 Å². The molecule has 4 rings (SSSR count). The van der Waals surface area contributed by atoms with E-state index in [1.165, 1.54) is 44.2 Å². The molecule has 0 saturated carbocycles. The summed E-state index contributed by atoms with van der Waals surface area (Å²) >= 11 is 1.30. The molecule has 0 aromatic heterocycles. The predicted octanol–water partition coefficient (Wildman–Crippen LogP) is 5.93. The zero-order chi connectivity index (χ0) is 32.3. The summed E-state index contributed by atoms with van der Waals surface area (Å²) in [6.45, 7) is 1.73. The molecule has 11 heteroatoms. The number of amides is 3. The molecule has 4 N–H and O–H groups in total. The molecule has 0 bridgehead atoms. The largest absolute Gasteiger partial charge is 0.497 e. The number of methoxy groups -OCH3 is 2. The van der Waals surface area contributed by atoms with Crippen molar-refractivity contribution in [3.63, 3.8) is 0 Å². The second kappa shape index (κ2) is 15.3. The molecule has 0 fully saturated rings. The van der Waals surface area contributed by atoms with Gasteiger partial charge in [0.15, 0.2) is 0 Å². The molecule has 230 valence electrons. The van der Waals surface area contributed by atoms with Crippen LogP contribution in [-0.4, -0.2) is 48.3 Å². The summed E-state index contributed by atoms with van der Waals surface area (Å²) in [5.41, 5.74) is 1.80. The molecule has 10 nitrogen and oxygen atoms in total. The lowest BCUT2D eigenvalue weighted by atomic mass is 10.1. The van der Waals surface area contributed by atoms with Crippen molar-refractivity contribution in [1.82, 2.24) is 5.32 Å². The minimum absolute atomic E-state index is 0.0221. The van der Waals surface area contributed by atoms with Crippen LogP contribution in [0.5, 0.6) is 11.5 Å². The van der Waals surface area contributed by atoms with Crippen LogP contribution in [0.1, 0.15) is 33.2 Å². The van der Waals surface area contributed by atoms with E-state index in [2.05, 4.69) is 16.0 Å². The van der Waals surface area contributed by atoms with Gasteiger partial charge in [-0.3, -0.25) is 14.4 Å². The lowest BCUT2D eigenvalue weighted by Gasteiger charge is -2.14. The van der Waals surface area contributed by atoms with Crippen molar-refractivity contribution in [3.05, 3.63) is 119 Å². The van der Waals surface area contributed by atoms with E-state index in [1.54, 1.807) is 91.9 Å². The SMILES string of the molecule is COc1ccc(OC)c(/C=C(\NC(=O)c2ccccc2)C(=O)Nc2ccc(SC(C)C(=O)Nc3cccc(C(=O)O)c3)cc2)c1. The Morgan fingerprint density at radius 1 is 0.778 bits per heavy atom. The third-order valence-corrected chi connectivity index (χ3v) is 7.55. The topological polar surface area (TPSA) is 143 Å². The molecule has 45 heavy (non-hydrogen) atoms. The average Bonchev–Trinajstić information content (AvgIpc) is 3.05. The molecule has 4 aromatic rings. The summed E-state index contributed by atoms with van der Waals surface area (Å²) in [5, 5.41) is 16.9. The summed E-state index contributed by atoms with van der Waals surface area (Å²) in [6.07, 6.45) is 1.51. The number of anilines is 2. The zero-order valence-electron chi connectivity index (χ0n) is 24.7. The number of nitrogens with one attached hydrogen (secondary N) is 3. The van der Waals surface area contributed by atoms with Gasteiger partial charge in [-0.05, 0) is 85.8 Å². The second-order valence-corrected chi connectivity index (χ2v) is 11.0. The van der Waals surface area contributed by atoms with E-state index >= 15 is 0 Å². The van der Waals surface area contributed by atoms with Gasteiger partial charge in [-0.15, -0.1) is 11.8 Å². The number of hydrogen-bond donors (Lipinski definition) is 4. The number of rotatable bonds is 12. The Kier molecular flexibility index (Phi) is 11.0. The van der Waals surface area contributed by atoms with Crippen LogP contribution in [-0.2, 0) is 9.59 Å². The van der Waals surface area contributed by atoms with E-state index in [4.69, 9.17) is 9.47 Å². The Morgan fingerprint density at radius 2 is 1.49 bits per heavy atom. The number of carbonyl (C=O) groups excluding carboxylic acids is 3. The van der Waals surface area contributed by atoms with Gasteiger partial charge in [0.1, 0.15) is 17.2 Å². The number of ether oxygens (including phenoxy) is 2. The van der Waals surface area contributed by atoms with Crippen LogP contribution in [0, 0.1) is 0 Å². The van der Waals surface area contributed by atoms with E-state index < -0.39 is 23.0 Å². The molecule has 0 spiro atoms. The van der Waals surface area contributed by atoms with Gasteiger partial charge >= 0.3 is 5.97 Å². The molecule has 0 saturated heterocycles. The summed E-state index contributed by atoms with van der Waals surface area (Å²) in [4.78, 5) is 51.2. The highest BCUT2D eigenvalue weighted by Gasteiger charge is 2.18. The van der Waals surface area contributed by atoms with Crippen molar-refractivity contribution in [2.24, 2.45) is 0 Å². The van der Waals surface area contributed by atoms with Crippen LogP contribution < -0.4 is 25.4 Å². The fraction of sp³-hybridized carbons (Fsp3) is 0.118. The molecular formula is C34H31N3O7S. The van der Waals surface area contributed by atoms with Crippen LogP contribution in [0.2, 0.25) is 0 Å². The number of carbonyl (C=O) groups is 4. The molecule has 4 aromatic carbocycles. The first-order valence-electron chi connectivity index (χ1n) is 13.7. The molecule has 1 unspecified atom stereocenters. The highest BCUT2D eigenvalue weighted by atomic mass is 32.2. The molecule has 0 aliphatic carbocycles. The van der Waals surface area contributed by atoms with Crippen LogP contribution in [0.3, 0.4) is 0 Å².